The van der Waals surface area contributed by atoms with Crippen LogP contribution in [-0.2, 0) is 23.3 Å². The molecule has 5 aromatic carbocycles. The van der Waals surface area contributed by atoms with Crippen LogP contribution < -0.4 is 24.8 Å². The molecule has 0 fully saturated rings. The fourth-order valence-electron chi connectivity index (χ4n) is 4.84. The Morgan fingerprint density at radius 3 is 2.15 bits per heavy atom. The molecule has 1 aliphatic rings. The van der Waals surface area contributed by atoms with Crippen molar-refractivity contribution in [3.05, 3.63) is 143 Å². The Morgan fingerprint density at radius 1 is 0.825 bits per heavy atom. The van der Waals surface area contributed by atoms with Gasteiger partial charge in [0.1, 0.15) is 0 Å². The van der Waals surface area contributed by atoms with E-state index in [1.54, 1.807) is 23.3 Å². The molecule has 204 valence electrons. The first-order chi connectivity index (χ1) is 18.3. The van der Waals surface area contributed by atoms with E-state index in [0.717, 1.165) is 0 Å². The van der Waals surface area contributed by atoms with Crippen LogP contribution in [0.5, 0.6) is 0 Å². The molecule has 1 atom stereocenters. The Morgan fingerprint density at radius 2 is 1.48 bits per heavy atom. The van der Waals surface area contributed by atoms with Gasteiger partial charge < -0.3 is 24.8 Å². The van der Waals surface area contributed by atoms with E-state index in [-0.39, 0.29) is 30.2 Å². The van der Waals surface area contributed by atoms with Gasteiger partial charge in [-0.15, -0.1) is 82.1 Å². The van der Waals surface area contributed by atoms with Crippen LogP contribution >= 0.6 is 0 Å². The third-order valence-corrected chi connectivity index (χ3v) is 6.76. The van der Waals surface area contributed by atoms with Gasteiger partial charge in [-0.1, -0.05) is 80.1 Å². The van der Waals surface area contributed by atoms with Gasteiger partial charge in [-0.3, -0.25) is 0 Å². The second-order valence-electron chi connectivity index (χ2n) is 10.4. The first-order valence-corrected chi connectivity index (χ1v) is 19.5. The Hall–Kier alpha value is -2.09. The fraction of sp³-hybridized carbons (Fsp3) is 0.194. The molecule has 0 amide bonds. The quantitative estimate of drug-likeness (QED) is 0.203. The number of halogens is 2. The van der Waals surface area contributed by atoms with Gasteiger partial charge in [0.05, 0.1) is 0 Å². The average molecular weight is 659 g/mol. The Bertz CT molecular complexity index is 1550. The molecule has 0 bridgehead atoms. The Labute approximate surface area is 268 Å². The van der Waals surface area contributed by atoms with Gasteiger partial charge in [0.25, 0.3) is 0 Å². The molecular formula is C36H36Cl2SiZr-2. The molecule has 0 heterocycles. The van der Waals surface area contributed by atoms with Crippen molar-refractivity contribution >= 4 is 22.3 Å². The third-order valence-electron chi connectivity index (χ3n) is 6.76. The summed E-state index contributed by atoms with van der Waals surface area (Å²) in [6.07, 6.45) is 4.44. The van der Waals surface area contributed by atoms with E-state index in [2.05, 4.69) is 149 Å². The molecule has 0 aliphatic heterocycles. The first kappa shape index (κ1) is 34.1. The minimum atomic E-state index is 0. The summed E-state index contributed by atoms with van der Waals surface area (Å²) >= 11 is 1.74. The molecule has 1 aliphatic carbocycles. The van der Waals surface area contributed by atoms with Crippen molar-refractivity contribution < 1.29 is 48.1 Å². The molecule has 1 unspecified atom stereocenters. The first-order valence-electron chi connectivity index (χ1n) is 13.4. The van der Waals surface area contributed by atoms with Gasteiger partial charge in [-0.25, -0.2) is 0 Å². The maximum absolute atomic E-state index is 3.28. The van der Waals surface area contributed by atoms with E-state index in [4.69, 9.17) is 0 Å². The van der Waals surface area contributed by atoms with Crippen LogP contribution in [0.25, 0.3) is 28.0 Å². The molecule has 0 N–H and O–H groups in total. The number of hydrogen-bond acceptors (Lipinski definition) is 0. The number of aryl methyl sites for hydroxylation is 1. The van der Waals surface area contributed by atoms with Crippen LogP contribution in [0.4, 0.5) is 0 Å². The monoisotopic (exact) mass is 656 g/mol. The van der Waals surface area contributed by atoms with Crippen molar-refractivity contribution in [3.8, 4) is 11.1 Å². The number of fused-ring (bicyclic) bond motifs is 2. The second-order valence-corrected chi connectivity index (χ2v) is 19.7. The van der Waals surface area contributed by atoms with Crippen molar-refractivity contribution in [1.29, 1.82) is 0 Å². The standard InChI is InChI=1S/C18H17.C16H13.C2H6Si.2ClH.Zr/c1-13(2)16-11-15-9-6-10-17(18(15)12-16)14-7-4-3-5-8-14;1-12-6-2-4-8-14(12)16-11-10-13-7-3-5-9-15(13)16;1-3-2;;;/h3-13H,1-2H3;2-6,8-11,16H,1H3;1-2H3;2*1H;/q2*-1;;;;+2/p-2. The molecule has 0 nitrogen and oxygen atoms in total. The zero-order chi connectivity index (χ0) is 27.1. The summed E-state index contributed by atoms with van der Waals surface area (Å²) in [6.45, 7) is 11.3. The van der Waals surface area contributed by atoms with Gasteiger partial charge >= 0.3 is 41.9 Å². The summed E-state index contributed by atoms with van der Waals surface area (Å²) in [7, 11) is 0. The molecule has 5 aromatic rings. The van der Waals surface area contributed by atoms with Gasteiger partial charge in [0, 0.05) is 0 Å². The minimum absolute atomic E-state index is 0. The van der Waals surface area contributed by atoms with Crippen LogP contribution in [0.3, 0.4) is 0 Å². The number of rotatable bonds is 3. The summed E-state index contributed by atoms with van der Waals surface area (Å²) in [5.41, 5.74) is 9.62. The summed E-state index contributed by atoms with van der Waals surface area (Å²) in [6, 6.07) is 39.9. The van der Waals surface area contributed by atoms with Crippen LogP contribution in [-0.4, -0.2) is 5.43 Å². The fourth-order valence-corrected chi connectivity index (χ4v) is 4.84. The smallest absolute Gasteiger partial charge is 0.0152 e. The van der Waals surface area contributed by atoms with Crippen LogP contribution in [0.15, 0.2) is 109 Å². The van der Waals surface area contributed by atoms with E-state index >= 15 is 0 Å². The largest absolute Gasteiger partial charge is 1.00 e. The van der Waals surface area contributed by atoms with Crippen molar-refractivity contribution in [2.24, 2.45) is 0 Å². The molecule has 4 heteroatoms. The van der Waals surface area contributed by atoms with E-state index in [1.807, 2.05) is 6.07 Å². The molecule has 40 heavy (non-hydrogen) atoms. The SMILES string of the molecule is CC(C)c1cc2c(-c3ccccc3)cccc2[cH-]1.C[Si](C)=[Zr+2].Cc1ccccc1C1C=Cc2[c-]cccc21.[Cl-].[Cl-]. The van der Waals surface area contributed by atoms with Crippen molar-refractivity contribution in [2.45, 2.75) is 45.7 Å². The second kappa shape index (κ2) is 16.4. The Balaban J connectivity index is 0.000000238. The average Bonchev–Trinajstić information content (AvgIpc) is 3.54. The van der Waals surface area contributed by atoms with Gasteiger partial charge in [-0.05, 0) is 35.4 Å². The molecule has 6 rings (SSSR count). The maximum atomic E-state index is 3.28. The van der Waals surface area contributed by atoms with Gasteiger partial charge in [0.15, 0.2) is 0 Å². The van der Waals surface area contributed by atoms with Crippen molar-refractivity contribution in [1.82, 2.24) is 0 Å². The van der Waals surface area contributed by atoms with Gasteiger partial charge in [0.2, 0.25) is 0 Å². The number of hydrogen-bond donors (Lipinski definition) is 0. The predicted molar refractivity (Wildman–Crippen MR) is 164 cm³/mol. The normalized spacial score (nSPS) is 12.8. The van der Waals surface area contributed by atoms with E-state index in [1.165, 1.54) is 49.7 Å². The zero-order valence-corrected chi connectivity index (χ0v) is 28.9. The summed E-state index contributed by atoms with van der Waals surface area (Å²) in [5, 5.41) is 2.72. The molecule has 0 saturated carbocycles. The van der Waals surface area contributed by atoms with E-state index in [0.29, 0.717) is 11.8 Å². The third kappa shape index (κ3) is 8.70. The molecule has 0 spiro atoms. The zero-order valence-electron chi connectivity index (χ0n) is 23.9. The van der Waals surface area contributed by atoms with Gasteiger partial charge in [-0.2, -0.15) is 6.07 Å². The molecular weight excluding hydrogens is 623 g/mol. The van der Waals surface area contributed by atoms with Crippen LogP contribution in [0.1, 0.15) is 53.5 Å². The van der Waals surface area contributed by atoms with Crippen molar-refractivity contribution in [2.75, 3.05) is 0 Å². The van der Waals surface area contributed by atoms with Crippen LogP contribution in [0, 0.1) is 13.0 Å². The predicted octanol–water partition coefficient (Wildman–Crippen LogP) is 4.10. The van der Waals surface area contributed by atoms with E-state index < -0.39 is 0 Å². The van der Waals surface area contributed by atoms with Crippen molar-refractivity contribution in [3.63, 3.8) is 0 Å². The summed E-state index contributed by atoms with van der Waals surface area (Å²) in [4.78, 5) is 0. The number of allylic oxidation sites excluding steroid dienone is 1. The van der Waals surface area contributed by atoms with E-state index in [9.17, 15) is 0 Å². The summed E-state index contributed by atoms with van der Waals surface area (Å²) in [5.74, 6) is 0.995. The number of benzene rings is 4. The van der Waals surface area contributed by atoms with Crippen LogP contribution in [0.2, 0.25) is 13.1 Å². The molecule has 0 radical (unpaired) electrons. The molecule has 0 aromatic heterocycles. The topological polar surface area (TPSA) is 0 Å². The molecule has 0 saturated heterocycles. The Kier molecular flexibility index (Phi) is 14.0. The minimum Gasteiger partial charge on any atom is -1.00 e. The maximum Gasteiger partial charge on any atom is -0.0152 e. The summed E-state index contributed by atoms with van der Waals surface area (Å²) < 4.78 is 0.